The van der Waals surface area contributed by atoms with Gasteiger partial charge in [-0.05, 0) is 40.8 Å². The molecule has 4 heteroatoms. The molecule has 11 heavy (non-hydrogen) atoms. The molecule has 0 atom stereocenters. The Kier molecular flexibility index (Phi) is 2.43. The van der Waals surface area contributed by atoms with Gasteiger partial charge in [-0.2, -0.15) is 0 Å². The van der Waals surface area contributed by atoms with E-state index in [0.29, 0.717) is 3.57 Å². The summed E-state index contributed by atoms with van der Waals surface area (Å²) in [5.41, 5.74) is -0.392. The van der Waals surface area contributed by atoms with Gasteiger partial charge >= 0.3 is 0 Å². The molecule has 2 nitrogen and oxygen atoms in total. The number of halogens is 2. The van der Waals surface area contributed by atoms with Crippen molar-refractivity contribution >= 4 is 28.6 Å². The van der Waals surface area contributed by atoms with Gasteiger partial charge in [-0.1, -0.05) is 0 Å². The largest absolute Gasteiger partial charge is 0.545 e. The first-order valence-electron chi connectivity index (χ1n) is 2.77. The maximum Gasteiger partial charge on any atom is 0.132 e. The third-order valence-corrected chi connectivity index (χ3v) is 1.82. The molecule has 0 unspecified atom stereocenters. The van der Waals surface area contributed by atoms with E-state index in [-0.39, 0.29) is 0 Å². The van der Waals surface area contributed by atoms with Crippen molar-refractivity contribution in [1.29, 1.82) is 0 Å². The molecule has 0 heterocycles. The highest BCUT2D eigenvalue weighted by molar-refractivity contribution is 14.1. The molecule has 0 aliphatic rings. The molecule has 1 aromatic rings. The number of carbonyl (C=O) groups is 1. The molecule has 0 bridgehead atoms. The lowest BCUT2D eigenvalue weighted by molar-refractivity contribution is -0.255. The van der Waals surface area contributed by atoms with Gasteiger partial charge in [-0.15, -0.1) is 0 Å². The van der Waals surface area contributed by atoms with Gasteiger partial charge in [0.25, 0.3) is 0 Å². The zero-order chi connectivity index (χ0) is 8.43. The maximum absolute atomic E-state index is 12.6. The highest BCUT2D eigenvalue weighted by Crippen LogP contribution is 2.11. The summed E-state index contributed by atoms with van der Waals surface area (Å²) in [7, 11) is 0. The highest BCUT2D eigenvalue weighted by atomic mass is 127. The van der Waals surface area contributed by atoms with E-state index in [2.05, 4.69) is 0 Å². The van der Waals surface area contributed by atoms with E-state index < -0.39 is 17.3 Å². The van der Waals surface area contributed by atoms with Gasteiger partial charge in [-0.3, -0.25) is 0 Å². The second kappa shape index (κ2) is 3.17. The fraction of sp³-hybridized carbons (Fsp3) is 0. The first kappa shape index (κ1) is 8.45. The zero-order valence-corrected chi connectivity index (χ0v) is 7.46. The lowest BCUT2D eigenvalue weighted by Crippen LogP contribution is -2.23. The summed E-state index contributed by atoms with van der Waals surface area (Å²) in [5, 5.41) is 10.2. The SMILES string of the molecule is O=C([O-])c1cc(I)ccc1F. The summed E-state index contributed by atoms with van der Waals surface area (Å²) in [6, 6.07) is 3.82. The predicted octanol–water partition coefficient (Wildman–Crippen LogP) is 0.794. The average molecular weight is 265 g/mol. The van der Waals surface area contributed by atoms with Gasteiger partial charge in [0, 0.05) is 9.13 Å². The Labute approximate surface area is 76.2 Å². The number of aromatic carboxylic acids is 1. The van der Waals surface area contributed by atoms with Crippen LogP contribution in [-0.4, -0.2) is 5.97 Å². The minimum absolute atomic E-state index is 0.392. The molecule has 0 fully saturated rings. The lowest BCUT2D eigenvalue weighted by Gasteiger charge is -2.03. The molecule has 0 aromatic heterocycles. The van der Waals surface area contributed by atoms with Crippen LogP contribution in [0.15, 0.2) is 18.2 Å². The molecule has 0 spiro atoms. The van der Waals surface area contributed by atoms with Gasteiger partial charge in [0.15, 0.2) is 0 Å². The van der Waals surface area contributed by atoms with Crippen molar-refractivity contribution in [3.05, 3.63) is 33.1 Å². The molecule has 0 N–H and O–H groups in total. The summed E-state index contributed by atoms with van der Waals surface area (Å²) in [4.78, 5) is 10.2. The third kappa shape index (κ3) is 1.89. The molecule has 1 aromatic carbocycles. The Morgan fingerprint density at radius 2 is 2.18 bits per heavy atom. The highest BCUT2D eigenvalue weighted by Gasteiger charge is 2.01. The van der Waals surface area contributed by atoms with E-state index in [1.165, 1.54) is 12.1 Å². The molecule has 0 saturated heterocycles. The smallest absolute Gasteiger partial charge is 0.132 e. The van der Waals surface area contributed by atoms with Gasteiger partial charge in [0.05, 0.1) is 5.97 Å². The van der Waals surface area contributed by atoms with E-state index >= 15 is 0 Å². The van der Waals surface area contributed by atoms with Gasteiger partial charge in [0.2, 0.25) is 0 Å². The number of hydrogen-bond donors (Lipinski definition) is 0. The van der Waals surface area contributed by atoms with Gasteiger partial charge in [0.1, 0.15) is 5.82 Å². The molecule has 0 amide bonds. The fourth-order valence-electron chi connectivity index (χ4n) is 0.654. The first-order chi connectivity index (χ1) is 5.11. The summed E-state index contributed by atoms with van der Waals surface area (Å²) in [6.07, 6.45) is 0. The molecular formula is C7H3FIO2-. The van der Waals surface area contributed by atoms with Crippen molar-refractivity contribution < 1.29 is 14.3 Å². The average Bonchev–Trinajstić information content (AvgIpc) is 1.94. The Balaban J connectivity index is 3.23. The molecule has 0 radical (unpaired) electrons. The Morgan fingerprint density at radius 1 is 1.55 bits per heavy atom. The lowest BCUT2D eigenvalue weighted by atomic mass is 10.2. The number of carboxylic acids is 1. The quantitative estimate of drug-likeness (QED) is 0.704. The van der Waals surface area contributed by atoms with Crippen LogP contribution in [-0.2, 0) is 0 Å². The first-order valence-corrected chi connectivity index (χ1v) is 3.85. The van der Waals surface area contributed by atoms with Crippen LogP contribution in [0.4, 0.5) is 4.39 Å². The molecule has 0 saturated carbocycles. The minimum Gasteiger partial charge on any atom is -0.545 e. The van der Waals surface area contributed by atoms with Crippen molar-refractivity contribution in [2.75, 3.05) is 0 Å². The van der Waals surface area contributed by atoms with E-state index in [1.54, 1.807) is 0 Å². The number of hydrogen-bond acceptors (Lipinski definition) is 2. The molecule has 58 valence electrons. The summed E-state index contributed by atoms with van der Waals surface area (Å²) in [5.74, 6) is -2.24. The monoisotopic (exact) mass is 265 g/mol. The second-order valence-electron chi connectivity index (χ2n) is 1.91. The van der Waals surface area contributed by atoms with Crippen LogP contribution in [0.2, 0.25) is 0 Å². The van der Waals surface area contributed by atoms with Crippen LogP contribution in [0.5, 0.6) is 0 Å². The van der Waals surface area contributed by atoms with E-state index in [0.717, 1.165) is 6.07 Å². The fourth-order valence-corrected chi connectivity index (χ4v) is 1.15. The summed E-state index contributed by atoms with van der Waals surface area (Å²) in [6.45, 7) is 0. The van der Waals surface area contributed by atoms with Gasteiger partial charge in [-0.25, -0.2) is 4.39 Å². The van der Waals surface area contributed by atoms with Crippen molar-refractivity contribution in [2.45, 2.75) is 0 Å². The normalized spacial score (nSPS) is 9.64. The standard InChI is InChI=1S/C7H4FIO2/c8-6-2-1-4(9)3-5(6)7(10)11/h1-3H,(H,10,11)/p-1. The van der Waals surface area contributed by atoms with Crippen LogP contribution in [0.3, 0.4) is 0 Å². The molecule has 0 aliphatic heterocycles. The summed E-state index contributed by atoms with van der Waals surface area (Å²) < 4.78 is 13.3. The maximum atomic E-state index is 12.6. The van der Waals surface area contributed by atoms with Crippen molar-refractivity contribution in [3.63, 3.8) is 0 Å². The van der Waals surface area contributed by atoms with Crippen LogP contribution in [0.25, 0.3) is 0 Å². The van der Waals surface area contributed by atoms with Crippen LogP contribution in [0.1, 0.15) is 10.4 Å². The van der Waals surface area contributed by atoms with Crippen LogP contribution >= 0.6 is 22.6 Å². The van der Waals surface area contributed by atoms with Crippen molar-refractivity contribution in [3.8, 4) is 0 Å². The van der Waals surface area contributed by atoms with E-state index in [4.69, 9.17) is 0 Å². The molecule has 0 aliphatic carbocycles. The van der Waals surface area contributed by atoms with Crippen molar-refractivity contribution in [1.82, 2.24) is 0 Å². The minimum atomic E-state index is -1.49. The third-order valence-electron chi connectivity index (χ3n) is 1.15. The predicted molar refractivity (Wildman–Crippen MR) is 43.4 cm³/mol. The Bertz CT molecular complexity index is 298. The zero-order valence-electron chi connectivity index (χ0n) is 5.30. The molecule has 1 rings (SSSR count). The number of benzene rings is 1. The van der Waals surface area contributed by atoms with Crippen LogP contribution < -0.4 is 5.11 Å². The van der Waals surface area contributed by atoms with E-state index in [9.17, 15) is 14.3 Å². The van der Waals surface area contributed by atoms with Gasteiger partial charge < -0.3 is 9.90 Å². The number of carboxylic acid groups (broad SMARTS) is 1. The van der Waals surface area contributed by atoms with Crippen LogP contribution in [0, 0.1) is 9.39 Å². The Hall–Kier alpha value is -0.650. The topological polar surface area (TPSA) is 40.1 Å². The second-order valence-corrected chi connectivity index (χ2v) is 3.16. The van der Waals surface area contributed by atoms with Crippen molar-refractivity contribution in [2.24, 2.45) is 0 Å². The number of carbonyl (C=O) groups excluding carboxylic acids is 1. The van der Waals surface area contributed by atoms with E-state index in [1.807, 2.05) is 22.6 Å². The number of rotatable bonds is 1. The Morgan fingerprint density at radius 3 is 2.64 bits per heavy atom. The summed E-state index contributed by atoms with van der Waals surface area (Å²) >= 11 is 1.90. The molecular weight excluding hydrogens is 262 g/mol.